The van der Waals surface area contributed by atoms with Crippen LogP contribution in [-0.4, -0.2) is 86.3 Å². The Balaban J connectivity index is 2.03. The molecule has 0 aliphatic heterocycles. The number of rotatable bonds is 31. The van der Waals surface area contributed by atoms with Crippen molar-refractivity contribution in [2.45, 2.75) is 211 Å². The molecular formula is C38H75N3O5S. The predicted octanol–water partition coefficient (Wildman–Crippen LogP) is 6.55. The number of thiocarbonyl (C=S) groups is 1. The van der Waals surface area contributed by atoms with Gasteiger partial charge in [0.25, 0.3) is 0 Å². The lowest BCUT2D eigenvalue weighted by Crippen LogP contribution is -2.57. The molecule has 0 aromatic carbocycles. The van der Waals surface area contributed by atoms with Crippen molar-refractivity contribution in [3.05, 3.63) is 12.2 Å². The minimum absolute atomic E-state index is 0.197. The second kappa shape index (κ2) is 30.1. The SMILES string of the molecule is CCCCCCCCCCCCCCCCCCCCCCCCNC(=S)NC(CNC1C=CC(O)C(O)C1O)C(O)CC(O)CC. The highest BCUT2D eigenvalue weighted by atomic mass is 32.1. The van der Waals surface area contributed by atoms with Crippen LogP contribution in [0.4, 0.5) is 0 Å². The van der Waals surface area contributed by atoms with Gasteiger partial charge in [0.1, 0.15) is 18.3 Å². The van der Waals surface area contributed by atoms with Crippen LogP contribution in [0.25, 0.3) is 0 Å². The minimum Gasteiger partial charge on any atom is -0.393 e. The first kappa shape index (κ1) is 44.2. The highest BCUT2D eigenvalue weighted by Gasteiger charge is 2.33. The van der Waals surface area contributed by atoms with Crippen LogP contribution in [0.3, 0.4) is 0 Å². The molecule has 0 amide bonds. The Bertz CT molecular complexity index is 761. The Morgan fingerprint density at radius 1 is 0.638 bits per heavy atom. The molecule has 0 aromatic rings. The first-order valence-corrected chi connectivity index (χ1v) is 20.1. The Kier molecular flexibility index (Phi) is 28.3. The minimum atomic E-state index is -1.28. The normalized spacial score (nSPS) is 21.4. The summed E-state index contributed by atoms with van der Waals surface area (Å²) in [6.07, 6.45) is 28.8. The molecular weight excluding hydrogens is 611 g/mol. The fourth-order valence-corrected chi connectivity index (χ4v) is 6.63. The Morgan fingerprint density at radius 3 is 1.53 bits per heavy atom. The van der Waals surface area contributed by atoms with E-state index in [4.69, 9.17) is 12.2 Å². The summed E-state index contributed by atoms with van der Waals surface area (Å²) in [7, 11) is 0. The van der Waals surface area contributed by atoms with Gasteiger partial charge in [0.2, 0.25) is 0 Å². The largest absolute Gasteiger partial charge is 0.393 e. The summed E-state index contributed by atoms with van der Waals surface area (Å²) < 4.78 is 0. The lowest BCUT2D eigenvalue weighted by Gasteiger charge is -2.34. The van der Waals surface area contributed by atoms with Crippen LogP contribution in [0.15, 0.2) is 12.2 Å². The van der Waals surface area contributed by atoms with E-state index >= 15 is 0 Å². The Hall–Kier alpha value is -0.810. The monoisotopic (exact) mass is 686 g/mol. The molecule has 1 aliphatic carbocycles. The molecule has 1 aliphatic rings. The van der Waals surface area contributed by atoms with E-state index in [1.54, 1.807) is 6.08 Å². The summed E-state index contributed by atoms with van der Waals surface area (Å²) in [4.78, 5) is 0. The maximum absolute atomic E-state index is 10.8. The van der Waals surface area contributed by atoms with E-state index in [-0.39, 0.29) is 13.0 Å². The smallest absolute Gasteiger partial charge is 0.166 e. The van der Waals surface area contributed by atoms with Gasteiger partial charge in [-0.3, -0.25) is 0 Å². The highest BCUT2D eigenvalue weighted by Crippen LogP contribution is 2.16. The molecule has 7 unspecified atom stereocenters. The van der Waals surface area contributed by atoms with Gasteiger partial charge in [-0.05, 0) is 25.1 Å². The fraction of sp³-hybridized carbons (Fsp3) is 0.921. The second-order valence-electron chi connectivity index (χ2n) is 14.1. The van der Waals surface area contributed by atoms with E-state index in [9.17, 15) is 25.5 Å². The van der Waals surface area contributed by atoms with Crippen LogP contribution in [0.5, 0.6) is 0 Å². The van der Waals surface area contributed by atoms with Gasteiger partial charge in [-0.2, -0.15) is 0 Å². The van der Waals surface area contributed by atoms with Crippen molar-refractivity contribution in [3.8, 4) is 0 Å². The molecule has 0 aromatic heterocycles. The van der Waals surface area contributed by atoms with Crippen LogP contribution < -0.4 is 16.0 Å². The Labute approximate surface area is 294 Å². The summed E-state index contributed by atoms with van der Waals surface area (Å²) in [5.41, 5.74) is 0. The summed E-state index contributed by atoms with van der Waals surface area (Å²) in [5, 5.41) is 60.8. The van der Waals surface area contributed by atoms with Gasteiger partial charge >= 0.3 is 0 Å². The van der Waals surface area contributed by atoms with E-state index in [2.05, 4.69) is 22.9 Å². The third-order valence-corrected chi connectivity index (χ3v) is 10.0. The maximum atomic E-state index is 10.8. The summed E-state index contributed by atoms with van der Waals surface area (Å²) in [6.45, 7) is 5.15. The van der Waals surface area contributed by atoms with Crippen molar-refractivity contribution in [1.82, 2.24) is 16.0 Å². The molecule has 0 bridgehead atoms. The molecule has 0 radical (unpaired) electrons. The number of unbranched alkanes of at least 4 members (excludes halogenated alkanes) is 21. The molecule has 8 N–H and O–H groups in total. The number of aliphatic hydroxyl groups excluding tert-OH is 5. The van der Waals surface area contributed by atoms with Crippen molar-refractivity contribution in [1.29, 1.82) is 0 Å². The maximum Gasteiger partial charge on any atom is 0.166 e. The second-order valence-corrected chi connectivity index (χ2v) is 14.5. The van der Waals surface area contributed by atoms with E-state index in [1.165, 1.54) is 134 Å². The topological polar surface area (TPSA) is 137 Å². The summed E-state index contributed by atoms with van der Waals surface area (Å²) >= 11 is 5.49. The molecule has 47 heavy (non-hydrogen) atoms. The van der Waals surface area contributed by atoms with Gasteiger partial charge in [0, 0.05) is 19.5 Å². The van der Waals surface area contributed by atoms with Crippen molar-refractivity contribution in [2.24, 2.45) is 0 Å². The zero-order valence-corrected chi connectivity index (χ0v) is 31.0. The quantitative estimate of drug-likeness (QED) is 0.0232. The van der Waals surface area contributed by atoms with Crippen molar-refractivity contribution in [3.63, 3.8) is 0 Å². The lowest BCUT2D eigenvalue weighted by atomic mass is 9.93. The molecule has 8 nitrogen and oxygen atoms in total. The molecule has 9 heteroatoms. The van der Waals surface area contributed by atoms with Crippen LogP contribution >= 0.6 is 12.2 Å². The first-order valence-electron chi connectivity index (χ1n) is 19.7. The average molecular weight is 686 g/mol. The number of hydrogen-bond donors (Lipinski definition) is 8. The van der Waals surface area contributed by atoms with Crippen molar-refractivity contribution >= 4 is 17.3 Å². The molecule has 0 saturated heterocycles. The van der Waals surface area contributed by atoms with E-state index in [1.807, 2.05) is 6.92 Å². The molecule has 0 heterocycles. The first-order chi connectivity index (χ1) is 22.8. The molecule has 1 rings (SSSR count). The zero-order valence-electron chi connectivity index (χ0n) is 30.2. The van der Waals surface area contributed by atoms with Gasteiger partial charge in [-0.25, -0.2) is 0 Å². The van der Waals surface area contributed by atoms with Gasteiger partial charge < -0.3 is 41.5 Å². The number of hydrogen-bond acceptors (Lipinski definition) is 7. The summed E-state index contributed by atoms with van der Waals surface area (Å²) in [5.74, 6) is 0. The molecule has 0 spiro atoms. The predicted molar refractivity (Wildman–Crippen MR) is 201 cm³/mol. The van der Waals surface area contributed by atoms with E-state index in [0.717, 1.165) is 19.4 Å². The number of aliphatic hydroxyl groups is 5. The number of nitrogens with one attached hydrogen (secondary N) is 3. The molecule has 0 fully saturated rings. The van der Waals surface area contributed by atoms with E-state index in [0.29, 0.717) is 11.5 Å². The third kappa shape index (κ3) is 23.3. The van der Waals surface area contributed by atoms with Gasteiger partial charge in [0.15, 0.2) is 5.11 Å². The molecule has 278 valence electrons. The van der Waals surface area contributed by atoms with Crippen LogP contribution in [-0.2, 0) is 0 Å². The fourth-order valence-electron chi connectivity index (χ4n) is 6.38. The van der Waals surface area contributed by atoms with Gasteiger partial charge in [-0.15, -0.1) is 0 Å². The Morgan fingerprint density at radius 2 is 1.09 bits per heavy atom. The zero-order chi connectivity index (χ0) is 34.5. The van der Waals surface area contributed by atoms with Crippen LogP contribution in [0, 0.1) is 0 Å². The van der Waals surface area contributed by atoms with E-state index < -0.39 is 42.6 Å². The van der Waals surface area contributed by atoms with Crippen LogP contribution in [0.2, 0.25) is 0 Å². The molecule has 7 atom stereocenters. The third-order valence-electron chi connectivity index (χ3n) is 9.74. The van der Waals surface area contributed by atoms with Crippen molar-refractivity contribution < 1.29 is 25.5 Å². The van der Waals surface area contributed by atoms with Crippen LogP contribution in [0.1, 0.15) is 168 Å². The highest BCUT2D eigenvalue weighted by molar-refractivity contribution is 7.80. The standard InChI is InChI=1S/C38H75N3O5S/c1-3-5-6-7-8-9-10-11-12-13-14-15-16-17-18-19-20-21-22-23-24-25-28-39-38(47)41-33(35(44)29-31(42)4-2)30-40-32-26-27-34(43)37(46)36(32)45/h26-27,31-37,40,42-46H,3-25,28-30H2,1-2H3,(H2,39,41,47). The van der Waals surface area contributed by atoms with Gasteiger partial charge in [-0.1, -0.05) is 161 Å². The average Bonchev–Trinajstić information content (AvgIpc) is 3.06. The van der Waals surface area contributed by atoms with Gasteiger partial charge in [0.05, 0.1) is 24.3 Å². The lowest BCUT2D eigenvalue weighted by molar-refractivity contribution is -0.0571. The van der Waals surface area contributed by atoms with Crippen molar-refractivity contribution in [2.75, 3.05) is 13.1 Å². The summed E-state index contributed by atoms with van der Waals surface area (Å²) in [6, 6.07) is -1.09. The molecule has 0 saturated carbocycles.